The van der Waals surface area contributed by atoms with E-state index < -0.39 is 0 Å². The van der Waals surface area contributed by atoms with Crippen LogP contribution in [-0.4, -0.2) is 30.5 Å². The second-order valence-electron chi connectivity index (χ2n) is 4.85. The summed E-state index contributed by atoms with van der Waals surface area (Å²) in [6, 6.07) is 0. The van der Waals surface area contributed by atoms with Crippen molar-refractivity contribution in [1.29, 1.82) is 0 Å². The van der Waals surface area contributed by atoms with Gasteiger partial charge in [0.1, 0.15) is 0 Å². The van der Waals surface area contributed by atoms with E-state index in [0.29, 0.717) is 0 Å². The first-order valence-electron chi connectivity index (χ1n) is 7.61. The Labute approximate surface area is 155 Å². The number of hydrogen-bond donors (Lipinski definition) is 2. The Morgan fingerprint density at radius 1 is 1.15 bits per heavy atom. The zero-order chi connectivity index (χ0) is 14.3. The Balaban J connectivity index is 0. The van der Waals surface area contributed by atoms with Crippen molar-refractivity contribution < 1.29 is 37.5 Å². The van der Waals surface area contributed by atoms with Crippen LogP contribution in [0, 0.1) is 13.0 Å². The van der Waals surface area contributed by atoms with E-state index in [1.165, 1.54) is 12.8 Å². The van der Waals surface area contributed by atoms with Gasteiger partial charge in [-0.2, -0.15) is 11.8 Å². The fraction of sp³-hybridized carbons (Fsp3) is 0.867. The Hall–Kier alpha value is 0.884. The topological polar surface area (TPSA) is 41.1 Å². The number of hydrogen-bond acceptors (Lipinski definition) is 3. The molecule has 1 atom stereocenters. The van der Waals surface area contributed by atoms with E-state index in [-0.39, 0.29) is 44.5 Å². The van der Waals surface area contributed by atoms with Gasteiger partial charge in [-0.3, -0.25) is 11.8 Å². The Bertz CT molecular complexity index is 218. The minimum Gasteiger partial charge on any atom is -0.473 e. The molecule has 0 spiro atoms. The first-order valence-corrected chi connectivity index (χ1v) is 8.77. The molecule has 0 aliphatic rings. The second kappa shape index (κ2) is 17.9. The molecule has 0 aromatic heterocycles. The molecule has 0 heterocycles. The van der Waals surface area contributed by atoms with Crippen LogP contribution >= 0.6 is 11.8 Å². The SMILES string of the molecule is [CH2-]NCCCCC(CSCC)C(=O)NCCCCC.[Y]. The Morgan fingerprint density at radius 3 is 2.45 bits per heavy atom. The third-order valence-corrected chi connectivity index (χ3v) is 4.18. The van der Waals surface area contributed by atoms with Gasteiger partial charge >= 0.3 is 0 Å². The molecule has 0 saturated heterocycles. The average Bonchev–Trinajstić information content (AvgIpc) is 2.42. The van der Waals surface area contributed by atoms with Crippen LogP contribution in [0.5, 0.6) is 0 Å². The van der Waals surface area contributed by atoms with Crippen LogP contribution in [0.3, 0.4) is 0 Å². The third kappa shape index (κ3) is 13.8. The summed E-state index contributed by atoms with van der Waals surface area (Å²) < 4.78 is 0. The molecule has 1 amide bonds. The van der Waals surface area contributed by atoms with E-state index in [2.05, 4.69) is 31.5 Å². The van der Waals surface area contributed by atoms with Gasteiger partial charge in [0.2, 0.25) is 5.91 Å². The summed E-state index contributed by atoms with van der Waals surface area (Å²) in [6.45, 7) is 6.10. The van der Waals surface area contributed by atoms with E-state index in [0.717, 1.165) is 50.3 Å². The summed E-state index contributed by atoms with van der Waals surface area (Å²) in [6.07, 6.45) is 6.68. The molecular weight excluding hydrogens is 345 g/mol. The number of carbonyl (C=O) groups excluding carboxylic acids is 1. The van der Waals surface area contributed by atoms with Crippen molar-refractivity contribution in [3.05, 3.63) is 7.05 Å². The molecule has 1 radical (unpaired) electrons. The van der Waals surface area contributed by atoms with Crippen LogP contribution in [0.2, 0.25) is 0 Å². The summed E-state index contributed by atoms with van der Waals surface area (Å²) >= 11 is 1.86. The molecule has 0 rings (SSSR count). The van der Waals surface area contributed by atoms with Crippen molar-refractivity contribution >= 4 is 17.7 Å². The number of amides is 1. The van der Waals surface area contributed by atoms with Gasteiger partial charge in [0.25, 0.3) is 0 Å². The minimum atomic E-state index is 0. The first kappa shape index (κ1) is 23.2. The predicted octanol–water partition coefficient (Wildman–Crippen LogP) is 3.21. The molecule has 2 N–H and O–H groups in total. The smallest absolute Gasteiger partial charge is 0.223 e. The average molecular weight is 376 g/mol. The van der Waals surface area contributed by atoms with Crippen LogP contribution in [0.1, 0.15) is 52.4 Å². The van der Waals surface area contributed by atoms with Crippen LogP contribution in [0.15, 0.2) is 0 Å². The Kier molecular flexibility index (Phi) is 20.8. The quantitative estimate of drug-likeness (QED) is 0.383. The molecule has 0 aromatic carbocycles. The summed E-state index contributed by atoms with van der Waals surface area (Å²) in [5.41, 5.74) is 0. The van der Waals surface area contributed by atoms with Gasteiger partial charge in [-0.05, 0) is 31.6 Å². The van der Waals surface area contributed by atoms with Gasteiger partial charge in [-0.1, -0.05) is 33.1 Å². The van der Waals surface area contributed by atoms with Gasteiger partial charge < -0.3 is 10.6 Å². The molecule has 0 aliphatic heterocycles. The van der Waals surface area contributed by atoms with Gasteiger partial charge in [0.15, 0.2) is 0 Å². The molecule has 0 fully saturated rings. The second-order valence-corrected chi connectivity index (χ2v) is 6.17. The standard InChI is InChI=1S/C15H31N2OS.Y/c1-4-6-8-12-17-15(18)14(13-19-5-2)10-7-9-11-16-3;/h14,16H,3-13H2,1-2H3,(H,17,18);/q-1;. The molecule has 20 heavy (non-hydrogen) atoms. The summed E-state index contributed by atoms with van der Waals surface area (Å²) in [5.74, 6) is 2.46. The maximum Gasteiger partial charge on any atom is 0.223 e. The van der Waals surface area contributed by atoms with E-state index >= 15 is 0 Å². The van der Waals surface area contributed by atoms with Gasteiger partial charge in [0, 0.05) is 50.9 Å². The molecule has 0 aromatic rings. The normalized spacial score (nSPS) is 11.8. The van der Waals surface area contributed by atoms with Crippen molar-refractivity contribution in [3.8, 4) is 0 Å². The van der Waals surface area contributed by atoms with Crippen LogP contribution < -0.4 is 10.6 Å². The van der Waals surface area contributed by atoms with E-state index in [1.807, 2.05) is 11.8 Å². The van der Waals surface area contributed by atoms with Crippen molar-refractivity contribution in [2.45, 2.75) is 52.4 Å². The monoisotopic (exact) mass is 376 g/mol. The predicted molar refractivity (Wildman–Crippen MR) is 86.2 cm³/mol. The van der Waals surface area contributed by atoms with Gasteiger partial charge in [0.05, 0.1) is 0 Å². The molecule has 3 nitrogen and oxygen atoms in total. The van der Waals surface area contributed by atoms with E-state index in [4.69, 9.17) is 0 Å². The molecule has 0 bridgehead atoms. The summed E-state index contributed by atoms with van der Waals surface area (Å²) in [4.78, 5) is 12.1. The van der Waals surface area contributed by atoms with Crippen molar-refractivity contribution in [2.75, 3.05) is 24.6 Å². The van der Waals surface area contributed by atoms with E-state index in [9.17, 15) is 4.79 Å². The number of rotatable bonds is 13. The summed E-state index contributed by atoms with van der Waals surface area (Å²) in [7, 11) is 3.61. The number of carbonyl (C=O) groups is 1. The molecule has 0 saturated carbocycles. The first-order chi connectivity index (χ1) is 9.26. The Morgan fingerprint density at radius 2 is 1.85 bits per heavy atom. The molecule has 1 unspecified atom stereocenters. The number of unbranched alkanes of at least 4 members (excludes halogenated alkanes) is 3. The van der Waals surface area contributed by atoms with Gasteiger partial charge in [-0.15, -0.1) is 0 Å². The maximum absolute atomic E-state index is 12.1. The van der Waals surface area contributed by atoms with Crippen LogP contribution in [0.4, 0.5) is 0 Å². The fourth-order valence-corrected chi connectivity index (χ4v) is 2.76. The van der Waals surface area contributed by atoms with Crippen molar-refractivity contribution in [1.82, 2.24) is 10.6 Å². The maximum atomic E-state index is 12.1. The fourth-order valence-electron chi connectivity index (χ4n) is 1.92. The molecule has 5 heteroatoms. The number of nitrogens with one attached hydrogen (secondary N) is 2. The zero-order valence-electron chi connectivity index (χ0n) is 13.2. The minimum absolute atomic E-state index is 0. The summed E-state index contributed by atoms with van der Waals surface area (Å²) in [5, 5.41) is 5.99. The third-order valence-electron chi connectivity index (χ3n) is 3.13. The van der Waals surface area contributed by atoms with E-state index in [1.54, 1.807) is 0 Å². The van der Waals surface area contributed by atoms with Gasteiger partial charge in [-0.25, -0.2) is 0 Å². The van der Waals surface area contributed by atoms with Crippen molar-refractivity contribution in [2.24, 2.45) is 5.92 Å². The van der Waals surface area contributed by atoms with Crippen LogP contribution in [0.25, 0.3) is 0 Å². The largest absolute Gasteiger partial charge is 0.473 e. The number of thioether (sulfide) groups is 1. The van der Waals surface area contributed by atoms with Crippen molar-refractivity contribution in [3.63, 3.8) is 0 Å². The molecular formula is C15H31N2OSY-. The van der Waals surface area contributed by atoms with Crippen LogP contribution in [-0.2, 0) is 37.5 Å². The molecule has 117 valence electrons. The zero-order valence-corrected chi connectivity index (χ0v) is 16.9. The molecule has 0 aliphatic carbocycles.